The van der Waals surface area contributed by atoms with Crippen molar-refractivity contribution in [3.05, 3.63) is 35.9 Å². The fourth-order valence-electron chi connectivity index (χ4n) is 4.75. The zero-order chi connectivity index (χ0) is 18.6. The third-order valence-corrected chi connectivity index (χ3v) is 6.21. The summed E-state index contributed by atoms with van der Waals surface area (Å²) in [4.78, 5) is 16.3. The van der Waals surface area contributed by atoms with Gasteiger partial charge in [0.2, 0.25) is 5.91 Å². The molecule has 0 saturated carbocycles. The van der Waals surface area contributed by atoms with Gasteiger partial charge in [0.1, 0.15) is 0 Å². The largest absolute Gasteiger partial charge is 0.367 e. The Labute approximate surface area is 158 Å². The molecule has 0 unspecified atom stereocenters. The molecule has 2 saturated heterocycles. The molecule has 2 aliphatic heterocycles. The maximum absolute atomic E-state index is 11.7. The fraction of sp³-hybridized carbons (Fsp3) is 0.682. The number of benzene rings is 1. The van der Waals surface area contributed by atoms with Crippen LogP contribution >= 0.6 is 0 Å². The van der Waals surface area contributed by atoms with Crippen LogP contribution in [0.5, 0.6) is 0 Å². The van der Waals surface area contributed by atoms with Crippen molar-refractivity contribution in [2.75, 3.05) is 26.2 Å². The minimum absolute atomic E-state index is 0.0868. The van der Waals surface area contributed by atoms with E-state index >= 15 is 0 Å². The quantitative estimate of drug-likeness (QED) is 0.797. The molecule has 2 atom stereocenters. The number of amides is 1. The number of likely N-dealkylation sites (tertiary alicyclic amines) is 1. The second-order valence-electron chi connectivity index (χ2n) is 7.93. The van der Waals surface area contributed by atoms with Gasteiger partial charge in [0.15, 0.2) is 0 Å². The second kappa shape index (κ2) is 8.53. The molecule has 1 amide bonds. The van der Waals surface area contributed by atoms with Gasteiger partial charge >= 0.3 is 0 Å². The van der Waals surface area contributed by atoms with Gasteiger partial charge in [0, 0.05) is 26.1 Å². The highest BCUT2D eigenvalue weighted by Gasteiger charge is 2.45. The van der Waals surface area contributed by atoms with E-state index in [0.717, 1.165) is 51.9 Å². The molecular formula is C22H34N2O2. The normalized spacial score (nSPS) is 25.6. The zero-order valence-electron chi connectivity index (χ0n) is 16.6. The van der Waals surface area contributed by atoms with E-state index in [2.05, 4.69) is 49.1 Å². The molecule has 1 aromatic carbocycles. The summed E-state index contributed by atoms with van der Waals surface area (Å²) in [5.41, 5.74) is 1.20. The zero-order valence-corrected chi connectivity index (χ0v) is 16.6. The third kappa shape index (κ3) is 4.29. The fourth-order valence-corrected chi connectivity index (χ4v) is 4.75. The van der Waals surface area contributed by atoms with Crippen LogP contribution in [0.3, 0.4) is 0 Å². The first-order chi connectivity index (χ1) is 12.6. The van der Waals surface area contributed by atoms with Crippen molar-refractivity contribution in [3.63, 3.8) is 0 Å². The van der Waals surface area contributed by atoms with Crippen molar-refractivity contribution < 1.29 is 9.53 Å². The average Bonchev–Trinajstić information content (AvgIpc) is 2.66. The molecule has 26 heavy (non-hydrogen) atoms. The van der Waals surface area contributed by atoms with E-state index in [1.165, 1.54) is 12.0 Å². The summed E-state index contributed by atoms with van der Waals surface area (Å²) in [6.07, 6.45) is 5.41. The van der Waals surface area contributed by atoms with Gasteiger partial charge in [0.05, 0.1) is 11.7 Å². The van der Waals surface area contributed by atoms with Gasteiger partial charge in [0.25, 0.3) is 0 Å². The number of nitrogens with zero attached hydrogens (tertiary/aromatic N) is 2. The average molecular weight is 359 g/mol. The number of ether oxygens (including phenoxy) is 1. The lowest BCUT2D eigenvalue weighted by Gasteiger charge is -2.51. The molecule has 0 bridgehead atoms. The van der Waals surface area contributed by atoms with Crippen LogP contribution in [0.2, 0.25) is 0 Å². The highest BCUT2D eigenvalue weighted by molar-refractivity contribution is 5.73. The first kappa shape index (κ1) is 19.4. The van der Waals surface area contributed by atoms with E-state index in [1.54, 1.807) is 6.92 Å². The Morgan fingerprint density at radius 3 is 2.50 bits per heavy atom. The Balaban J connectivity index is 1.81. The number of carbonyl (C=O) groups is 1. The van der Waals surface area contributed by atoms with Gasteiger partial charge in [-0.1, -0.05) is 44.2 Å². The predicted molar refractivity (Wildman–Crippen MR) is 105 cm³/mol. The molecule has 2 heterocycles. The molecule has 1 aromatic rings. The van der Waals surface area contributed by atoms with Crippen molar-refractivity contribution in [1.29, 1.82) is 0 Å². The van der Waals surface area contributed by atoms with Crippen molar-refractivity contribution >= 4 is 5.91 Å². The molecule has 1 spiro atoms. The van der Waals surface area contributed by atoms with Crippen LogP contribution in [0.15, 0.2) is 30.3 Å². The standard InChI is InChI=1S/C22H34N2O2/c1-4-13-23(5-2)20-16-21(19-9-7-6-8-10-19)26-22(17-20)11-14-24(15-12-22)18(3)25/h6-10,20-21H,4-5,11-17H2,1-3H3/t20-,21-/m0/s1. The van der Waals surface area contributed by atoms with Crippen LogP contribution in [0.4, 0.5) is 0 Å². The number of piperidine rings is 1. The minimum Gasteiger partial charge on any atom is -0.367 e. The molecule has 4 heteroatoms. The highest BCUT2D eigenvalue weighted by Crippen LogP contribution is 2.44. The summed E-state index contributed by atoms with van der Waals surface area (Å²) >= 11 is 0. The molecule has 2 aliphatic rings. The highest BCUT2D eigenvalue weighted by atomic mass is 16.5. The molecule has 144 valence electrons. The molecule has 4 nitrogen and oxygen atoms in total. The summed E-state index contributed by atoms with van der Waals surface area (Å²) in [7, 11) is 0. The van der Waals surface area contributed by atoms with E-state index in [9.17, 15) is 4.79 Å². The van der Waals surface area contributed by atoms with Crippen molar-refractivity contribution in [3.8, 4) is 0 Å². The van der Waals surface area contributed by atoms with Crippen LogP contribution < -0.4 is 0 Å². The van der Waals surface area contributed by atoms with Crippen LogP contribution in [0, 0.1) is 0 Å². The van der Waals surface area contributed by atoms with E-state index in [1.807, 2.05) is 4.90 Å². The van der Waals surface area contributed by atoms with Gasteiger partial charge in [-0.05, 0) is 50.8 Å². The Kier molecular flexibility index (Phi) is 6.36. The topological polar surface area (TPSA) is 32.8 Å². The molecule has 2 fully saturated rings. The molecular weight excluding hydrogens is 324 g/mol. The number of hydrogen-bond acceptors (Lipinski definition) is 3. The predicted octanol–water partition coefficient (Wildman–Crippen LogP) is 4.02. The van der Waals surface area contributed by atoms with E-state index in [4.69, 9.17) is 4.74 Å². The van der Waals surface area contributed by atoms with Gasteiger partial charge in [-0.2, -0.15) is 0 Å². The molecule has 0 aromatic heterocycles. The lowest BCUT2D eigenvalue weighted by atomic mass is 9.79. The number of hydrogen-bond donors (Lipinski definition) is 0. The summed E-state index contributed by atoms with van der Waals surface area (Å²) in [6, 6.07) is 11.2. The maximum Gasteiger partial charge on any atom is 0.219 e. The maximum atomic E-state index is 11.7. The van der Waals surface area contributed by atoms with Crippen LogP contribution in [-0.4, -0.2) is 53.5 Å². The van der Waals surface area contributed by atoms with Gasteiger partial charge in [-0.3, -0.25) is 4.79 Å². The Morgan fingerprint density at radius 1 is 1.23 bits per heavy atom. The van der Waals surface area contributed by atoms with Crippen molar-refractivity contribution in [2.24, 2.45) is 0 Å². The van der Waals surface area contributed by atoms with Crippen LogP contribution in [0.25, 0.3) is 0 Å². The first-order valence-corrected chi connectivity index (χ1v) is 10.3. The Hall–Kier alpha value is -1.39. The smallest absolute Gasteiger partial charge is 0.219 e. The minimum atomic E-state index is -0.0868. The third-order valence-electron chi connectivity index (χ3n) is 6.21. The number of carbonyl (C=O) groups excluding carboxylic acids is 1. The SMILES string of the molecule is CCCN(CC)[C@H]1C[C@@H](c2ccccc2)OC2(CCN(C(C)=O)CC2)C1. The van der Waals surface area contributed by atoms with E-state index < -0.39 is 0 Å². The molecule has 0 N–H and O–H groups in total. The molecule has 0 radical (unpaired) electrons. The first-order valence-electron chi connectivity index (χ1n) is 10.3. The van der Waals surface area contributed by atoms with E-state index in [0.29, 0.717) is 6.04 Å². The Bertz CT molecular complexity index is 581. The lowest BCUT2D eigenvalue weighted by molar-refractivity contribution is -0.177. The summed E-state index contributed by atoms with van der Waals surface area (Å²) in [6.45, 7) is 10.1. The van der Waals surface area contributed by atoms with Crippen LogP contribution in [0.1, 0.15) is 64.5 Å². The second-order valence-corrected chi connectivity index (χ2v) is 7.93. The van der Waals surface area contributed by atoms with Gasteiger partial charge in [-0.15, -0.1) is 0 Å². The van der Waals surface area contributed by atoms with E-state index in [-0.39, 0.29) is 17.6 Å². The van der Waals surface area contributed by atoms with Crippen molar-refractivity contribution in [2.45, 2.75) is 70.6 Å². The Morgan fingerprint density at radius 2 is 1.92 bits per heavy atom. The summed E-state index contributed by atoms with van der Waals surface area (Å²) < 4.78 is 6.77. The number of rotatable bonds is 5. The van der Waals surface area contributed by atoms with Gasteiger partial charge < -0.3 is 14.5 Å². The lowest BCUT2D eigenvalue weighted by Crippen LogP contribution is -2.55. The monoisotopic (exact) mass is 358 g/mol. The molecule has 0 aliphatic carbocycles. The molecule has 3 rings (SSSR count). The van der Waals surface area contributed by atoms with Crippen LogP contribution in [-0.2, 0) is 9.53 Å². The summed E-state index contributed by atoms with van der Waals surface area (Å²) in [5.74, 6) is 0.188. The van der Waals surface area contributed by atoms with Crippen molar-refractivity contribution in [1.82, 2.24) is 9.80 Å². The van der Waals surface area contributed by atoms with Gasteiger partial charge in [-0.25, -0.2) is 0 Å². The summed E-state index contributed by atoms with van der Waals surface area (Å²) in [5, 5.41) is 0.